The number of carbonyl (C=O) groups excluding carboxylic acids is 3. The van der Waals surface area contributed by atoms with E-state index in [2.05, 4.69) is 29.1 Å². The molecule has 224 valence electrons. The van der Waals surface area contributed by atoms with Crippen molar-refractivity contribution < 1.29 is 29.0 Å². The summed E-state index contributed by atoms with van der Waals surface area (Å²) in [6, 6.07) is 8.06. The molecule has 3 fully saturated rings. The molecule has 1 spiro atoms. The molecule has 9 heteroatoms. The van der Waals surface area contributed by atoms with Gasteiger partial charge in [-0.3, -0.25) is 14.4 Å². The molecule has 0 aromatic heterocycles. The Labute approximate surface area is 251 Å². The number of amides is 2. The van der Waals surface area contributed by atoms with Crippen LogP contribution in [0.15, 0.2) is 55.6 Å². The molecule has 0 aliphatic carbocycles. The van der Waals surface area contributed by atoms with Crippen molar-refractivity contribution >= 4 is 33.7 Å². The quantitative estimate of drug-likeness (QED) is 0.135. The van der Waals surface area contributed by atoms with Crippen LogP contribution >= 0.6 is 15.9 Å². The molecule has 3 unspecified atom stereocenters. The standard InChI is InChI=1S/C32H43BrN2O6/c1-5-8-9-13-17-40-31(39)25-26-29(37)35(24(20-36)21(4)7-3)28(32(26)18-23(33)27(25)41-32)30(38)34(16-6-2)19-22-14-11-10-12-15-22/h5-6,10-12,14-15,21,23-28,36H,1-2,7-9,13,16-20H2,3-4H3/t21-,23?,24-,25+,26-,27+,28?,32?/m0/s1. The molecule has 8 nitrogen and oxygen atoms in total. The molecule has 0 radical (unpaired) electrons. The molecular weight excluding hydrogens is 588 g/mol. The molecule has 0 saturated carbocycles. The number of unbranched alkanes of at least 4 members (excludes halogenated alkanes) is 2. The summed E-state index contributed by atoms with van der Waals surface area (Å²) >= 11 is 3.71. The first-order chi connectivity index (χ1) is 19.7. The second-order valence-electron chi connectivity index (χ2n) is 11.5. The first kappa shape index (κ1) is 31.4. The van der Waals surface area contributed by atoms with Crippen molar-refractivity contribution in [1.29, 1.82) is 0 Å². The lowest BCUT2D eigenvalue weighted by atomic mass is 9.70. The number of fused-ring (bicyclic) bond motifs is 1. The maximum Gasteiger partial charge on any atom is 0.312 e. The van der Waals surface area contributed by atoms with Crippen molar-refractivity contribution in [2.24, 2.45) is 17.8 Å². The number of allylic oxidation sites excluding steroid dienone is 1. The van der Waals surface area contributed by atoms with E-state index in [1.807, 2.05) is 50.3 Å². The molecule has 2 amide bonds. The van der Waals surface area contributed by atoms with Gasteiger partial charge in [0.15, 0.2) is 0 Å². The molecule has 2 bridgehead atoms. The Morgan fingerprint density at radius 3 is 2.63 bits per heavy atom. The van der Waals surface area contributed by atoms with Crippen LogP contribution in [-0.4, -0.2) is 81.1 Å². The van der Waals surface area contributed by atoms with Gasteiger partial charge in [-0.05, 0) is 37.2 Å². The molecule has 4 rings (SSSR count). The van der Waals surface area contributed by atoms with Gasteiger partial charge in [0, 0.05) is 17.9 Å². The van der Waals surface area contributed by atoms with Crippen LogP contribution in [0.1, 0.15) is 51.5 Å². The van der Waals surface area contributed by atoms with Crippen LogP contribution in [0, 0.1) is 17.8 Å². The molecule has 3 saturated heterocycles. The molecule has 41 heavy (non-hydrogen) atoms. The highest BCUT2D eigenvalue weighted by atomic mass is 79.9. The zero-order valence-corrected chi connectivity index (χ0v) is 25.7. The number of esters is 1. The largest absolute Gasteiger partial charge is 0.465 e. The van der Waals surface area contributed by atoms with Crippen molar-refractivity contribution in [3.05, 3.63) is 61.2 Å². The monoisotopic (exact) mass is 630 g/mol. The molecular formula is C32H43BrN2O6. The number of aliphatic hydroxyl groups is 1. The van der Waals surface area contributed by atoms with Gasteiger partial charge < -0.3 is 24.4 Å². The van der Waals surface area contributed by atoms with Crippen LogP contribution in [0.5, 0.6) is 0 Å². The minimum atomic E-state index is -1.21. The van der Waals surface area contributed by atoms with Crippen LogP contribution in [0.2, 0.25) is 0 Å². The van der Waals surface area contributed by atoms with E-state index in [9.17, 15) is 19.5 Å². The Balaban J connectivity index is 1.72. The summed E-state index contributed by atoms with van der Waals surface area (Å²) in [6.07, 6.45) is 6.40. The lowest BCUT2D eigenvalue weighted by Crippen LogP contribution is -2.59. The first-order valence-electron chi connectivity index (χ1n) is 14.7. The number of alkyl halides is 1. The van der Waals surface area contributed by atoms with Gasteiger partial charge in [0.2, 0.25) is 11.8 Å². The third-order valence-electron chi connectivity index (χ3n) is 9.00. The molecule has 3 aliphatic rings. The SMILES string of the molecule is C=CCCCCOC(=O)[C@H]1[C@@H]2OC3(CC2Br)C(C(=O)N(CC=C)Cc2ccccc2)N([C@@H](CO)[C@@H](C)CC)C(=O)[C@H]13. The topological polar surface area (TPSA) is 96.4 Å². The van der Waals surface area contributed by atoms with Crippen molar-refractivity contribution in [1.82, 2.24) is 9.80 Å². The van der Waals surface area contributed by atoms with Crippen LogP contribution in [0.3, 0.4) is 0 Å². The zero-order chi connectivity index (χ0) is 29.7. The molecule has 1 N–H and O–H groups in total. The van der Waals surface area contributed by atoms with Gasteiger partial charge >= 0.3 is 5.97 Å². The minimum Gasteiger partial charge on any atom is -0.465 e. The number of likely N-dealkylation sites (tertiary alicyclic amines) is 1. The first-order valence-corrected chi connectivity index (χ1v) is 15.6. The molecule has 1 aromatic carbocycles. The number of benzene rings is 1. The predicted octanol–water partition coefficient (Wildman–Crippen LogP) is 4.26. The molecule has 8 atom stereocenters. The maximum atomic E-state index is 14.6. The zero-order valence-electron chi connectivity index (χ0n) is 24.1. The fourth-order valence-electron chi connectivity index (χ4n) is 6.81. The number of hydrogen-bond acceptors (Lipinski definition) is 6. The third-order valence-corrected chi connectivity index (χ3v) is 9.85. The Hall–Kier alpha value is -2.49. The second kappa shape index (κ2) is 13.7. The van der Waals surface area contributed by atoms with E-state index in [0.29, 0.717) is 25.8 Å². The Kier molecular flexibility index (Phi) is 10.5. The number of carbonyl (C=O) groups is 3. The fourth-order valence-corrected chi connectivity index (χ4v) is 7.76. The lowest BCUT2D eigenvalue weighted by Gasteiger charge is -2.41. The van der Waals surface area contributed by atoms with Crippen molar-refractivity contribution in [2.75, 3.05) is 19.8 Å². The van der Waals surface area contributed by atoms with E-state index in [-0.39, 0.29) is 42.3 Å². The summed E-state index contributed by atoms with van der Waals surface area (Å²) in [6.45, 7) is 12.1. The molecule has 1 aromatic rings. The fraction of sp³-hybridized carbons (Fsp3) is 0.594. The summed E-state index contributed by atoms with van der Waals surface area (Å²) in [4.78, 5) is 45.5. The summed E-state index contributed by atoms with van der Waals surface area (Å²) in [5.41, 5.74) is -0.266. The van der Waals surface area contributed by atoms with E-state index in [4.69, 9.17) is 9.47 Å². The molecule has 3 aliphatic heterocycles. The van der Waals surface area contributed by atoms with Crippen LogP contribution in [-0.2, 0) is 30.4 Å². The van der Waals surface area contributed by atoms with E-state index >= 15 is 0 Å². The highest BCUT2D eigenvalue weighted by Crippen LogP contribution is 2.61. The molecule has 3 heterocycles. The Bertz CT molecular complexity index is 1110. The van der Waals surface area contributed by atoms with Crippen LogP contribution in [0.4, 0.5) is 0 Å². The van der Waals surface area contributed by atoms with Crippen LogP contribution < -0.4 is 0 Å². The third kappa shape index (κ3) is 5.90. The number of halogens is 1. The van der Waals surface area contributed by atoms with Gasteiger partial charge in [0.1, 0.15) is 11.6 Å². The predicted molar refractivity (Wildman–Crippen MR) is 160 cm³/mol. The van der Waals surface area contributed by atoms with E-state index in [0.717, 1.165) is 18.4 Å². The second-order valence-corrected chi connectivity index (χ2v) is 12.7. The number of nitrogens with zero attached hydrogens (tertiary/aromatic N) is 2. The van der Waals surface area contributed by atoms with E-state index in [1.165, 1.54) is 0 Å². The highest BCUT2D eigenvalue weighted by molar-refractivity contribution is 9.09. The number of rotatable bonds is 15. The summed E-state index contributed by atoms with van der Waals surface area (Å²) in [5, 5.41) is 10.5. The van der Waals surface area contributed by atoms with Crippen LogP contribution in [0.25, 0.3) is 0 Å². The van der Waals surface area contributed by atoms with Gasteiger partial charge in [0.05, 0.1) is 37.2 Å². The van der Waals surface area contributed by atoms with Gasteiger partial charge in [-0.2, -0.15) is 0 Å². The van der Waals surface area contributed by atoms with Gasteiger partial charge in [0.25, 0.3) is 0 Å². The maximum absolute atomic E-state index is 14.6. The number of aliphatic hydroxyl groups excluding tert-OH is 1. The normalized spacial score (nSPS) is 29.6. The average Bonchev–Trinajstić information content (AvgIpc) is 3.56. The smallest absolute Gasteiger partial charge is 0.312 e. The number of ether oxygens (including phenoxy) is 2. The lowest BCUT2D eigenvalue weighted by molar-refractivity contribution is -0.157. The van der Waals surface area contributed by atoms with Gasteiger partial charge in [-0.15, -0.1) is 13.2 Å². The summed E-state index contributed by atoms with van der Waals surface area (Å²) in [7, 11) is 0. The van der Waals surface area contributed by atoms with E-state index < -0.39 is 41.6 Å². The highest BCUT2D eigenvalue weighted by Gasteiger charge is 2.77. The average molecular weight is 632 g/mol. The van der Waals surface area contributed by atoms with E-state index in [1.54, 1.807) is 15.9 Å². The van der Waals surface area contributed by atoms with Crippen molar-refractivity contribution in [3.63, 3.8) is 0 Å². The van der Waals surface area contributed by atoms with Gasteiger partial charge in [-0.1, -0.05) is 78.7 Å². The minimum absolute atomic E-state index is 0.0799. The van der Waals surface area contributed by atoms with Crippen molar-refractivity contribution in [3.8, 4) is 0 Å². The van der Waals surface area contributed by atoms with Gasteiger partial charge in [-0.25, -0.2) is 0 Å². The summed E-state index contributed by atoms with van der Waals surface area (Å²) in [5.74, 6) is -2.84. The Morgan fingerprint density at radius 1 is 1.27 bits per heavy atom. The Morgan fingerprint density at radius 2 is 2.00 bits per heavy atom. The number of hydrogen-bond donors (Lipinski definition) is 1. The van der Waals surface area contributed by atoms with Crippen molar-refractivity contribution in [2.45, 2.75) is 81.1 Å². The summed E-state index contributed by atoms with van der Waals surface area (Å²) < 4.78 is 12.3.